The lowest BCUT2D eigenvalue weighted by molar-refractivity contribution is 0.0696. The van der Waals surface area contributed by atoms with Crippen molar-refractivity contribution >= 4 is 5.97 Å². The fraction of sp³-hybridized carbons (Fsp3) is 0.615. The summed E-state index contributed by atoms with van der Waals surface area (Å²) in [5, 5.41) is 21.3. The summed E-state index contributed by atoms with van der Waals surface area (Å²) in [6.07, 6.45) is 1.58. The maximum absolute atomic E-state index is 10.9. The molecule has 0 fully saturated rings. The van der Waals surface area contributed by atoms with Gasteiger partial charge in [-0.1, -0.05) is 6.92 Å². The Bertz CT molecular complexity index is 414. The minimum Gasteiger partial charge on any atom is -0.478 e. The van der Waals surface area contributed by atoms with Crippen molar-refractivity contribution in [2.24, 2.45) is 0 Å². The number of carboxylic acids is 1. The first-order valence-electron chi connectivity index (χ1n) is 6.19. The number of aromatic amines is 1. The number of aliphatic hydroxyl groups excluding tert-OH is 1. The summed E-state index contributed by atoms with van der Waals surface area (Å²) in [6, 6.07) is 1.65. The van der Waals surface area contributed by atoms with Gasteiger partial charge in [-0.3, -0.25) is 0 Å². The third kappa shape index (κ3) is 3.58. The van der Waals surface area contributed by atoms with E-state index < -0.39 is 5.97 Å². The molecule has 1 rings (SSSR count). The predicted molar refractivity (Wildman–Crippen MR) is 69.7 cm³/mol. The lowest BCUT2D eigenvalue weighted by atomic mass is 9.95. The molecule has 0 radical (unpaired) electrons. The molecule has 0 saturated carbocycles. The number of carbonyl (C=O) groups is 1. The Morgan fingerprint density at radius 2 is 2.22 bits per heavy atom. The van der Waals surface area contributed by atoms with Crippen LogP contribution < -0.4 is 5.32 Å². The summed E-state index contributed by atoms with van der Waals surface area (Å²) in [4.78, 5) is 14.0. The number of nitrogens with one attached hydrogen (secondary N) is 2. The van der Waals surface area contributed by atoms with Crippen LogP contribution in [0.4, 0.5) is 0 Å². The Labute approximate surface area is 107 Å². The second-order valence-corrected chi connectivity index (χ2v) is 4.88. The maximum Gasteiger partial charge on any atom is 0.337 e. The average Bonchev–Trinajstić information content (AvgIpc) is 2.69. The zero-order chi connectivity index (χ0) is 13.8. The van der Waals surface area contributed by atoms with Crippen LogP contribution in [0.3, 0.4) is 0 Å². The Morgan fingerprint density at radius 1 is 1.56 bits per heavy atom. The number of aromatic carboxylic acids is 1. The molecule has 5 nitrogen and oxygen atoms in total. The number of carboxylic acid groups (broad SMARTS) is 1. The second kappa shape index (κ2) is 6.02. The van der Waals surface area contributed by atoms with E-state index in [4.69, 9.17) is 10.2 Å². The molecule has 4 N–H and O–H groups in total. The molecule has 0 aliphatic rings. The van der Waals surface area contributed by atoms with E-state index in [9.17, 15) is 4.79 Å². The lowest BCUT2D eigenvalue weighted by Gasteiger charge is -2.28. The summed E-state index contributed by atoms with van der Waals surface area (Å²) in [7, 11) is 0. The molecule has 0 spiro atoms. The highest BCUT2D eigenvalue weighted by molar-refractivity contribution is 5.89. The minimum absolute atomic E-state index is 0.128. The van der Waals surface area contributed by atoms with Crippen LogP contribution in [0, 0.1) is 6.92 Å². The number of hydrogen-bond donors (Lipinski definition) is 4. The molecule has 0 aliphatic carbocycles. The molecule has 1 atom stereocenters. The zero-order valence-electron chi connectivity index (χ0n) is 11.2. The van der Waals surface area contributed by atoms with Gasteiger partial charge < -0.3 is 20.5 Å². The molecule has 18 heavy (non-hydrogen) atoms. The molecule has 1 heterocycles. The fourth-order valence-electron chi connectivity index (χ4n) is 1.89. The van der Waals surface area contributed by atoms with Gasteiger partial charge in [-0.15, -0.1) is 0 Å². The number of hydrogen-bond acceptors (Lipinski definition) is 3. The maximum atomic E-state index is 10.9. The third-order valence-electron chi connectivity index (χ3n) is 3.45. The van der Waals surface area contributed by atoms with Gasteiger partial charge >= 0.3 is 5.97 Å². The van der Waals surface area contributed by atoms with E-state index in [0.717, 1.165) is 12.1 Å². The van der Waals surface area contributed by atoms with Crippen molar-refractivity contribution < 1.29 is 15.0 Å². The molecular formula is C13H22N2O3. The predicted octanol–water partition coefficient (Wildman–Crippen LogP) is 1.66. The third-order valence-corrected chi connectivity index (χ3v) is 3.45. The van der Waals surface area contributed by atoms with Crippen LogP contribution >= 0.6 is 0 Å². The van der Waals surface area contributed by atoms with E-state index in [0.29, 0.717) is 24.2 Å². The zero-order valence-corrected chi connectivity index (χ0v) is 11.2. The monoisotopic (exact) mass is 254 g/mol. The van der Waals surface area contributed by atoms with E-state index in [1.165, 1.54) is 0 Å². The van der Waals surface area contributed by atoms with E-state index in [2.05, 4.69) is 24.1 Å². The molecule has 0 amide bonds. The van der Waals surface area contributed by atoms with Crippen molar-refractivity contribution in [3.05, 3.63) is 23.0 Å². The van der Waals surface area contributed by atoms with Gasteiger partial charge in [0.05, 0.1) is 5.56 Å². The van der Waals surface area contributed by atoms with Gasteiger partial charge in [-0.2, -0.15) is 0 Å². The summed E-state index contributed by atoms with van der Waals surface area (Å²) < 4.78 is 0. The molecule has 0 saturated heterocycles. The number of rotatable bonds is 7. The standard InChI is InChI=1S/C13H22N2O3/c1-4-13(3,5-6-16)14-8-10-7-11(12(17)18)9(2)15-10/h7,14-16H,4-6,8H2,1-3H3,(H,17,18). The van der Waals surface area contributed by atoms with Crippen molar-refractivity contribution in [3.63, 3.8) is 0 Å². The molecule has 1 aromatic heterocycles. The molecule has 1 aromatic rings. The van der Waals surface area contributed by atoms with Crippen molar-refractivity contribution in [3.8, 4) is 0 Å². The summed E-state index contributed by atoms with van der Waals surface area (Å²) in [5.74, 6) is -0.913. The van der Waals surface area contributed by atoms with Crippen LogP contribution in [0.1, 0.15) is 48.4 Å². The van der Waals surface area contributed by atoms with Gasteiger partial charge in [0.25, 0.3) is 0 Å². The van der Waals surface area contributed by atoms with Gasteiger partial charge in [-0.25, -0.2) is 4.79 Å². The molecular weight excluding hydrogens is 232 g/mol. The molecule has 5 heteroatoms. The lowest BCUT2D eigenvalue weighted by Crippen LogP contribution is -2.42. The summed E-state index contributed by atoms with van der Waals surface area (Å²) >= 11 is 0. The van der Waals surface area contributed by atoms with Crippen LogP contribution in [0.5, 0.6) is 0 Å². The van der Waals surface area contributed by atoms with Crippen LogP contribution in [0.25, 0.3) is 0 Å². The van der Waals surface area contributed by atoms with Gasteiger partial charge in [0, 0.05) is 30.1 Å². The van der Waals surface area contributed by atoms with Crippen molar-refractivity contribution in [2.45, 2.75) is 45.7 Å². The van der Waals surface area contributed by atoms with E-state index in [1.54, 1.807) is 13.0 Å². The smallest absolute Gasteiger partial charge is 0.337 e. The molecule has 0 bridgehead atoms. The minimum atomic E-state index is -0.913. The van der Waals surface area contributed by atoms with E-state index in [-0.39, 0.29) is 12.1 Å². The first kappa shape index (κ1) is 14.7. The number of aliphatic hydroxyl groups is 1. The second-order valence-electron chi connectivity index (χ2n) is 4.88. The molecule has 102 valence electrons. The highest BCUT2D eigenvalue weighted by Gasteiger charge is 2.21. The topological polar surface area (TPSA) is 85.3 Å². The average molecular weight is 254 g/mol. The Kier molecular flexibility index (Phi) is 4.93. The van der Waals surface area contributed by atoms with Crippen LogP contribution in [-0.4, -0.2) is 33.3 Å². The Hall–Kier alpha value is -1.33. The van der Waals surface area contributed by atoms with Crippen molar-refractivity contribution in [2.75, 3.05) is 6.61 Å². The fourth-order valence-corrected chi connectivity index (χ4v) is 1.89. The number of aryl methyl sites for hydroxylation is 1. The van der Waals surface area contributed by atoms with E-state index in [1.807, 2.05) is 0 Å². The normalized spacial score (nSPS) is 14.4. The van der Waals surface area contributed by atoms with Crippen molar-refractivity contribution in [1.82, 2.24) is 10.3 Å². The highest BCUT2D eigenvalue weighted by atomic mass is 16.4. The molecule has 0 aromatic carbocycles. The Balaban J connectivity index is 2.68. The Morgan fingerprint density at radius 3 is 2.67 bits per heavy atom. The van der Waals surface area contributed by atoms with Crippen LogP contribution in [-0.2, 0) is 6.54 Å². The van der Waals surface area contributed by atoms with Gasteiger partial charge in [-0.05, 0) is 32.8 Å². The number of H-pyrrole nitrogens is 1. The first-order chi connectivity index (χ1) is 8.41. The van der Waals surface area contributed by atoms with Crippen molar-refractivity contribution in [1.29, 1.82) is 0 Å². The molecule has 0 aliphatic heterocycles. The SMILES string of the molecule is CCC(C)(CCO)NCc1cc(C(=O)O)c(C)[nH]1. The first-order valence-corrected chi connectivity index (χ1v) is 6.19. The molecule has 1 unspecified atom stereocenters. The van der Waals surface area contributed by atoms with Gasteiger partial charge in [0.15, 0.2) is 0 Å². The van der Waals surface area contributed by atoms with Crippen LogP contribution in [0.15, 0.2) is 6.07 Å². The van der Waals surface area contributed by atoms with Gasteiger partial charge in [0.2, 0.25) is 0 Å². The van der Waals surface area contributed by atoms with Crippen LogP contribution in [0.2, 0.25) is 0 Å². The largest absolute Gasteiger partial charge is 0.478 e. The van der Waals surface area contributed by atoms with Gasteiger partial charge in [0.1, 0.15) is 0 Å². The van der Waals surface area contributed by atoms with E-state index >= 15 is 0 Å². The summed E-state index contributed by atoms with van der Waals surface area (Å²) in [6.45, 7) is 6.57. The summed E-state index contributed by atoms with van der Waals surface area (Å²) in [5.41, 5.74) is 1.70. The quantitative estimate of drug-likeness (QED) is 0.596. The number of aromatic nitrogens is 1. The highest BCUT2D eigenvalue weighted by Crippen LogP contribution is 2.16.